The molecule has 7 nitrogen and oxygen atoms in total. The molecule has 2 amide bonds. The van der Waals surface area contributed by atoms with Crippen molar-refractivity contribution in [2.75, 3.05) is 0 Å². The molecule has 0 aromatic heterocycles. The van der Waals surface area contributed by atoms with E-state index in [1.807, 2.05) is 61.5 Å². The van der Waals surface area contributed by atoms with E-state index >= 15 is 0 Å². The van der Waals surface area contributed by atoms with Crippen LogP contribution in [0.25, 0.3) is 0 Å². The fourth-order valence-corrected chi connectivity index (χ4v) is 6.38. The maximum atomic E-state index is 14.0. The summed E-state index contributed by atoms with van der Waals surface area (Å²) in [4.78, 5) is 29.6. The predicted molar refractivity (Wildman–Crippen MR) is 172 cm³/mol. The number of sulfonamides is 1. The lowest BCUT2D eigenvalue weighted by atomic mass is 10.0. The number of aryl methyl sites for hydroxylation is 2. The van der Waals surface area contributed by atoms with Crippen LogP contribution in [0.3, 0.4) is 0 Å². The van der Waals surface area contributed by atoms with E-state index in [-0.39, 0.29) is 41.5 Å². The molecule has 1 fully saturated rings. The minimum absolute atomic E-state index is 0.0114. The molecule has 1 aliphatic rings. The maximum absolute atomic E-state index is 14.0. The standard InChI is InChI=1S/C36H38FN3O4S/c1-26-7-9-29(10-8-26)24-38-36(42)34(23-28-5-3-2-4-6-28)40(25-30-11-16-31(37)17-12-30)35(41)22-15-27-13-20-33(21-14-27)45(43,44)39-32-18-19-32/h2-14,16-17,20-21,32,34,39H,15,18-19,22-25H2,1H3,(H,38,42)/t34-/m1/s1. The third kappa shape index (κ3) is 9.33. The van der Waals surface area contributed by atoms with E-state index in [0.717, 1.165) is 35.1 Å². The Morgan fingerprint density at radius 3 is 2.09 bits per heavy atom. The monoisotopic (exact) mass is 627 g/mol. The van der Waals surface area contributed by atoms with Crippen LogP contribution in [0.1, 0.15) is 47.1 Å². The van der Waals surface area contributed by atoms with Crippen molar-refractivity contribution in [1.29, 1.82) is 0 Å². The lowest BCUT2D eigenvalue weighted by Gasteiger charge is -2.32. The zero-order valence-electron chi connectivity index (χ0n) is 25.3. The lowest BCUT2D eigenvalue weighted by molar-refractivity contribution is -0.141. The van der Waals surface area contributed by atoms with Crippen molar-refractivity contribution in [2.24, 2.45) is 0 Å². The summed E-state index contributed by atoms with van der Waals surface area (Å²) in [6, 6.07) is 29.1. The van der Waals surface area contributed by atoms with Crippen molar-refractivity contribution in [1.82, 2.24) is 14.9 Å². The van der Waals surface area contributed by atoms with Gasteiger partial charge in [-0.25, -0.2) is 17.5 Å². The minimum atomic E-state index is -3.57. The van der Waals surface area contributed by atoms with Crippen LogP contribution in [0.15, 0.2) is 108 Å². The molecule has 4 aromatic carbocycles. The summed E-state index contributed by atoms with van der Waals surface area (Å²) in [5, 5.41) is 3.03. The van der Waals surface area contributed by atoms with Crippen molar-refractivity contribution in [3.8, 4) is 0 Å². The summed E-state index contributed by atoms with van der Waals surface area (Å²) in [5.74, 6) is -0.906. The summed E-state index contributed by atoms with van der Waals surface area (Å²) in [6.45, 7) is 2.44. The van der Waals surface area contributed by atoms with Crippen LogP contribution >= 0.6 is 0 Å². The number of amides is 2. The molecular formula is C36H38FN3O4S. The number of carbonyl (C=O) groups excluding carboxylic acids is 2. The topological polar surface area (TPSA) is 95.6 Å². The van der Waals surface area contributed by atoms with Crippen molar-refractivity contribution in [2.45, 2.75) is 69.1 Å². The van der Waals surface area contributed by atoms with E-state index in [9.17, 15) is 22.4 Å². The highest BCUT2D eigenvalue weighted by atomic mass is 32.2. The van der Waals surface area contributed by atoms with Gasteiger partial charge in [0.15, 0.2) is 0 Å². The Morgan fingerprint density at radius 2 is 1.44 bits per heavy atom. The maximum Gasteiger partial charge on any atom is 0.243 e. The summed E-state index contributed by atoms with van der Waals surface area (Å²) in [6.07, 6.45) is 2.46. The van der Waals surface area contributed by atoms with Crippen LogP contribution in [-0.4, -0.2) is 37.2 Å². The molecule has 2 N–H and O–H groups in total. The predicted octanol–water partition coefficient (Wildman–Crippen LogP) is 5.46. The van der Waals surface area contributed by atoms with Crippen LogP contribution < -0.4 is 10.0 Å². The van der Waals surface area contributed by atoms with Gasteiger partial charge >= 0.3 is 0 Å². The van der Waals surface area contributed by atoms with Crippen molar-refractivity contribution >= 4 is 21.8 Å². The highest BCUT2D eigenvalue weighted by molar-refractivity contribution is 7.89. The Balaban J connectivity index is 1.36. The third-order valence-corrected chi connectivity index (χ3v) is 9.42. The molecule has 0 saturated heterocycles. The van der Waals surface area contributed by atoms with E-state index in [0.29, 0.717) is 24.9 Å². The van der Waals surface area contributed by atoms with E-state index in [1.54, 1.807) is 41.3 Å². The average Bonchev–Trinajstić information content (AvgIpc) is 3.86. The first-order valence-corrected chi connectivity index (χ1v) is 16.7. The average molecular weight is 628 g/mol. The van der Waals surface area contributed by atoms with E-state index in [4.69, 9.17) is 0 Å². The SMILES string of the molecule is Cc1ccc(CNC(=O)[C@@H](Cc2ccccc2)N(Cc2ccc(F)cc2)C(=O)CCc2ccc(S(=O)(=O)NC3CC3)cc2)cc1. The number of carbonyl (C=O) groups is 2. The van der Waals surface area contributed by atoms with Gasteiger partial charge in [-0.05, 0) is 72.7 Å². The number of benzene rings is 4. The number of halogens is 1. The second-order valence-electron chi connectivity index (χ2n) is 11.6. The zero-order valence-corrected chi connectivity index (χ0v) is 26.1. The molecule has 45 heavy (non-hydrogen) atoms. The minimum Gasteiger partial charge on any atom is -0.350 e. The summed E-state index contributed by atoms with van der Waals surface area (Å²) < 4.78 is 41.5. The van der Waals surface area contributed by atoms with Crippen molar-refractivity contribution in [3.63, 3.8) is 0 Å². The molecule has 1 aliphatic carbocycles. The van der Waals surface area contributed by atoms with Gasteiger partial charge < -0.3 is 10.2 Å². The van der Waals surface area contributed by atoms with Crippen LogP contribution in [0.2, 0.25) is 0 Å². The normalized spacial score (nSPS) is 13.6. The molecule has 9 heteroatoms. The molecule has 1 atom stereocenters. The molecule has 0 bridgehead atoms. The van der Waals surface area contributed by atoms with E-state index < -0.39 is 16.1 Å². The first-order chi connectivity index (χ1) is 21.7. The second kappa shape index (κ2) is 14.6. The van der Waals surface area contributed by atoms with Gasteiger partial charge in [-0.1, -0.05) is 84.4 Å². The second-order valence-corrected chi connectivity index (χ2v) is 13.3. The van der Waals surface area contributed by atoms with Crippen LogP contribution in [0.5, 0.6) is 0 Å². The van der Waals surface area contributed by atoms with Crippen molar-refractivity contribution < 1.29 is 22.4 Å². The molecule has 234 valence electrons. The molecular weight excluding hydrogens is 589 g/mol. The number of hydrogen-bond acceptors (Lipinski definition) is 4. The van der Waals surface area contributed by atoms with E-state index in [2.05, 4.69) is 10.0 Å². The lowest BCUT2D eigenvalue weighted by Crippen LogP contribution is -2.50. The van der Waals surface area contributed by atoms with Gasteiger partial charge in [0, 0.05) is 32.0 Å². The van der Waals surface area contributed by atoms with Gasteiger partial charge in [-0.15, -0.1) is 0 Å². The van der Waals surface area contributed by atoms with Crippen LogP contribution in [0.4, 0.5) is 4.39 Å². The first kappa shape index (κ1) is 32.1. The molecule has 0 unspecified atom stereocenters. The Bertz CT molecular complexity index is 1690. The Morgan fingerprint density at radius 1 is 0.822 bits per heavy atom. The highest BCUT2D eigenvalue weighted by Gasteiger charge is 2.31. The summed E-state index contributed by atoms with van der Waals surface area (Å²) >= 11 is 0. The third-order valence-electron chi connectivity index (χ3n) is 7.88. The Hall–Kier alpha value is -4.34. The van der Waals surface area contributed by atoms with Crippen LogP contribution in [0, 0.1) is 12.7 Å². The highest BCUT2D eigenvalue weighted by Crippen LogP contribution is 2.23. The molecule has 0 heterocycles. The zero-order chi connectivity index (χ0) is 31.8. The smallest absolute Gasteiger partial charge is 0.243 e. The molecule has 1 saturated carbocycles. The van der Waals surface area contributed by atoms with Gasteiger partial charge in [0.1, 0.15) is 11.9 Å². The van der Waals surface area contributed by atoms with Gasteiger partial charge in [-0.3, -0.25) is 9.59 Å². The van der Waals surface area contributed by atoms with Gasteiger partial charge in [0.2, 0.25) is 21.8 Å². The van der Waals surface area contributed by atoms with Crippen molar-refractivity contribution in [3.05, 3.63) is 137 Å². The molecule has 0 radical (unpaired) electrons. The summed E-state index contributed by atoms with van der Waals surface area (Å²) in [5.41, 5.74) is 4.48. The van der Waals surface area contributed by atoms with Gasteiger partial charge in [-0.2, -0.15) is 0 Å². The van der Waals surface area contributed by atoms with Crippen LogP contribution in [-0.2, 0) is 45.5 Å². The number of hydrogen-bond donors (Lipinski definition) is 2. The summed E-state index contributed by atoms with van der Waals surface area (Å²) in [7, 11) is -3.57. The number of nitrogens with one attached hydrogen (secondary N) is 2. The Labute approximate surface area is 264 Å². The van der Waals surface area contributed by atoms with Gasteiger partial charge in [0.25, 0.3) is 0 Å². The molecule has 0 spiro atoms. The first-order valence-electron chi connectivity index (χ1n) is 15.2. The van der Waals surface area contributed by atoms with Gasteiger partial charge in [0.05, 0.1) is 4.90 Å². The van der Waals surface area contributed by atoms with E-state index in [1.165, 1.54) is 12.1 Å². The fraction of sp³-hybridized carbons (Fsp3) is 0.278. The number of rotatable bonds is 14. The largest absolute Gasteiger partial charge is 0.350 e. The molecule has 5 rings (SSSR count). The quantitative estimate of drug-likeness (QED) is 0.194. The molecule has 0 aliphatic heterocycles. The number of nitrogens with zero attached hydrogens (tertiary/aromatic N) is 1. The Kier molecular flexibility index (Phi) is 10.4. The molecule has 4 aromatic rings. The fourth-order valence-electron chi connectivity index (χ4n) is 5.07.